The van der Waals surface area contributed by atoms with Gasteiger partial charge >= 0.3 is 117 Å². The standard InChI is InChI=1S/C16H10N2Se/c17-11-12-6-8-14(9-7-12)19-15-5-1-3-13-4-2-10-18-16(13)15/h1-10H. The summed E-state index contributed by atoms with van der Waals surface area (Å²) >= 11 is 0.210. The van der Waals surface area contributed by atoms with Crippen molar-refractivity contribution in [2.75, 3.05) is 0 Å². The zero-order valence-corrected chi connectivity index (χ0v) is 11.8. The van der Waals surface area contributed by atoms with Crippen molar-refractivity contribution in [3.8, 4) is 6.07 Å². The molecule has 0 atom stereocenters. The van der Waals surface area contributed by atoms with Crippen LogP contribution < -0.4 is 8.92 Å². The zero-order chi connectivity index (χ0) is 13.1. The summed E-state index contributed by atoms with van der Waals surface area (Å²) in [6, 6.07) is 20.3. The molecule has 1 heterocycles. The summed E-state index contributed by atoms with van der Waals surface area (Å²) in [5.74, 6) is 0. The molecule has 0 spiro atoms. The fourth-order valence-corrected chi connectivity index (χ4v) is 3.86. The Balaban J connectivity index is 1.99. The molecule has 2 nitrogen and oxygen atoms in total. The van der Waals surface area contributed by atoms with Gasteiger partial charge in [0, 0.05) is 0 Å². The Bertz CT molecular complexity index is 752. The molecular weight excluding hydrogens is 299 g/mol. The molecule has 3 heteroatoms. The topological polar surface area (TPSA) is 36.7 Å². The van der Waals surface area contributed by atoms with Gasteiger partial charge in [0.15, 0.2) is 0 Å². The van der Waals surface area contributed by atoms with Crippen molar-refractivity contribution in [1.29, 1.82) is 5.26 Å². The van der Waals surface area contributed by atoms with E-state index >= 15 is 0 Å². The Kier molecular flexibility index (Phi) is 3.29. The van der Waals surface area contributed by atoms with Crippen LogP contribution >= 0.6 is 0 Å². The van der Waals surface area contributed by atoms with Gasteiger partial charge in [-0.25, -0.2) is 0 Å². The van der Waals surface area contributed by atoms with Crippen molar-refractivity contribution >= 4 is 34.8 Å². The molecule has 0 amide bonds. The molecular formula is C16H10N2Se. The molecule has 0 radical (unpaired) electrons. The van der Waals surface area contributed by atoms with Gasteiger partial charge in [-0.3, -0.25) is 0 Å². The van der Waals surface area contributed by atoms with Gasteiger partial charge in [-0.2, -0.15) is 0 Å². The second kappa shape index (κ2) is 5.24. The number of pyridine rings is 1. The predicted octanol–water partition coefficient (Wildman–Crippen LogP) is 1.76. The molecule has 0 unspecified atom stereocenters. The van der Waals surface area contributed by atoms with Gasteiger partial charge < -0.3 is 0 Å². The average Bonchev–Trinajstić information content (AvgIpc) is 2.48. The number of hydrogen-bond acceptors (Lipinski definition) is 2. The molecule has 0 saturated carbocycles. The van der Waals surface area contributed by atoms with Crippen molar-refractivity contribution in [3.05, 3.63) is 66.4 Å². The zero-order valence-electron chi connectivity index (χ0n) is 10.1. The summed E-state index contributed by atoms with van der Waals surface area (Å²) in [5, 5.41) is 9.98. The van der Waals surface area contributed by atoms with Gasteiger partial charge in [0.2, 0.25) is 0 Å². The Morgan fingerprint density at radius 3 is 2.53 bits per heavy atom. The maximum absolute atomic E-state index is 8.80. The number of fused-ring (bicyclic) bond motifs is 1. The Labute approximate surface area is 117 Å². The molecule has 19 heavy (non-hydrogen) atoms. The Hall–Kier alpha value is -2.14. The van der Waals surface area contributed by atoms with Crippen LogP contribution in [-0.2, 0) is 0 Å². The van der Waals surface area contributed by atoms with Crippen molar-refractivity contribution in [2.24, 2.45) is 0 Å². The fourth-order valence-electron chi connectivity index (χ4n) is 1.88. The molecule has 0 saturated heterocycles. The maximum atomic E-state index is 8.80. The van der Waals surface area contributed by atoms with Gasteiger partial charge in [-0.1, -0.05) is 0 Å². The summed E-state index contributed by atoms with van der Waals surface area (Å²) in [5.41, 5.74) is 1.78. The number of para-hydroxylation sites is 1. The molecule has 2 aromatic carbocycles. The van der Waals surface area contributed by atoms with E-state index in [-0.39, 0.29) is 15.0 Å². The number of hydrogen-bond donors (Lipinski definition) is 0. The van der Waals surface area contributed by atoms with Crippen LogP contribution in [0.15, 0.2) is 60.8 Å². The van der Waals surface area contributed by atoms with Crippen LogP contribution in [0, 0.1) is 11.3 Å². The average molecular weight is 309 g/mol. The van der Waals surface area contributed by atoms with Crippen molar-refractivity contribution in [2.45, 2.75) is 0 Å². The van der Waals surface area contributed by atoms with Crippen molar-refractivity contribution in [3.63, 3.8) is 0 Å². The van der Waals surface area contributed by atoms with Crippen LogP contribution in [0.25, 0.3) is 10.9 Å². The van der Waals surface area contributed by atoms with Crippen LogP contribution in [0.1, 0.15) is 5.56 Å². The van der Waals surface area contributed by atoms with E-state index in [1.807, 2.05) is 36.5 Å². The molecule has 1 aromatic heterocycles. The molecule has 90 valence electrons. The first-order chi connectivity index (χ1) is 9.36. The SMILES string of the molecule is N#Cc1ccc([Se]c2cccc3cccnc23)cc1. The van der Waals surface area contributed by atoms with Crippen molar-refractivity contribution < 1.29 is 0 Å². The second-order valence-electron chi connectivity index (χ2n) is 4.07. The van der Waals surface area contributed by atoms with Gasteiger partial charge in [0.1, 0.15) is 0 Å². The second-order valence-corrected chi connectivity index (χ2v) is 6.41. The van der Waals surface area contributed by atoms with E-state index in [1.54, 1.807) is 0 Å². The molecule has 0 fully saturated rings. The van der Waals surface area contributed by atoms with E-state index in [2.05, 4.69) is 35.3 Å². The van der Waals surface area contributed by atoms with Gasteiger partial charge in [0.05, 0.1) is 0 Å². The predicted molar refractivity (Wildman–Crippen MR) is 77.9 cm³/mol. The first-order valence-corrected chi connectivity index (χ1v) is 7.60. The third kappa shape index (κ3) is 2.51. The van der Waals surface area contributed by atoms with Crippen LogP contribution in [-0.4, -0.2) is 19.9 Å². The molecule has 3 rings (SSSR count). The van der Waals surface area contributed by atoms with E-state index in [4.69, 9.17) is 5.26 Å². The van der Waals surface area contributed by atoms with Crippen molar-refractivity contribution in [1.82, 2.24) is 4.98 Å². The normalized spacial score (nSPS) is 10.3. The van der Waals surface area contributed by atoms with E-state index < -0.39 is 0 Å². The number of rotatable bonds is 2. The molecule has 0 N–H and O–H groups in total. The third-order valence-corrected chi connectivity index (χ3v) is 5.03. The minimum absolute atomic E-state index is 0.210. The minimum atomic E-state index is 0.210. The monoisotopic (exact) mass is 310 g/mol. The first-order valence-electron chi connectivity index (χ1n) is 5.88. The molecule has 0 aliphatic rings. The summed E-state index contributed by atoms with van der Waals surface area (Å²) < 4.78 is 2.53. The van der Waals surface area contributed by atoms with Crippen LogP contribution in [0.3, 0.4) is 0 Å². The summed E-state index contributed by atoms with van der Waals surface area (Å²) in [4.78, 5) is 4.47. The summed E-state index contributed by atoms with van der Waals surface area (Å²) in [6.07, 6.45) is 1.83. The van der Waals surface area contributed by atoms with Gasteiger partial charge in [-0.05, 0) is 0 Å². The molecule has 0 aliphatic heterocycles. The van der Waals surface area contributed by atoms with E-state index in [0.29, 0.717) is 5.56 Å². The number of benzene rings is 2. The molecule has 3 aromatic rings. The van der Waals surface area contributed by atoms with E-state index in [0.717, 1.165) is 5.52 Å². The first kappa shape index (κ1) is 11.9. The van der Waals surface area contributed by atoms with E-state index in [9.17, 15) is 0 Å². The molecule has 0 aliphatic carbocycles. The van der Waals surface area contributed by atoms with Gasteiger partial charge in [-0.15, -0.1) is 0 Å². The van der Waals surface area contributed by atoms with Crippen LogP contribution in [0.2, 0.25) is 0 Å². The summed E-state index contributed by atoms with van der Waals surface area (Å²) in [6.45, 7) is 0. The number of aromatic nitrogens is 1. The van der Waals surface area contributed by atoms with Crippen LogP contribution in [0.4, 0.5) is 0 Å². The third-order valence-electron chi connectivity index (χ3n) is 2.81. The molecule has 0 bridgehead atoms. The van der Waals surface area contributed by atoms with E-state index in [1.165, 1.54) is 14.3 Å². The van der Waals surface area contributed by atoms with Gasteiger partial charge in [0.25, 0.3) is 0 Å². The quantitative estimate of drug-likeness (QED) is 0.677. The number of nitrogens with zero attached hydrogens (tertiary/aromatic N) is 2. The number of nitriles is 1. The Morgan fingerprint density at radius 2 is 1.74 bits per heavy atom. The summed E-state index contributed by atoms with van der Waals surface area (Å²) in [7, 11) is 0. The Morgan fingerprint density at radius 1 is 0.947 bits per heavy atom. The fraction of sp³-hybridized carbons (Fsp3) is 0. The van der Waals surface area contributed by atoms with Crippen LogP contribution in [0.5, 0.6) is 0 Å².